The van der Waals surface area contributed by atoms with E-state index >= 15 is 0 Å². The fraction of sp³-hybridized carbons (Fsp3) is 0.500. The van der Waals surface area contributed by atoms with E-state index in [-0.39, 0.29) is 6.03 Å². The second kappa shape index (κ2) is 6.40. The molecule has 0 aliphatic carbocycles. The number of aryl methyl sites for hydroxylation is 1. The lowest BCUT2D eigenvalue weighted by atomic mass is 10.1. The highest BCUT2D eigenvalue weighted by Crippen LogP contribution is 2.04. The van der Waals surface area contributed by atoms with Gasteiger partial charge < -0.3 is 16.0 Å². The van der Waals surface area contributed by atoms with Crippen LogP contribution in [0.2, 0.25) is 0 Å². The highest BCUT2D eigenvalue weighted by Gasteiger charge is 2.14. The van der Waals surface area contributed by atoms with E-state index in [0.29, 0.717) is 12.6 Å². The quantitative estimate of drug-likeness (QED) is 0.759. The van der Waals surface area contributed by atoms with E-state index < -0.39 is 0 Å². The van der Waals surface area contributed by atoms with Crippen molar-refractivity contribution in [2.75, 3.05) is 13.1 Å². The molecule has 1 heterocycles. The average molecular weight is 247 g/mol. The Morgan fingerprint density at radius 2 is 2.17 bits per heavy atom. The van der Waals surface area contributed by atoms with E-state index in [2.05, 4.69) is 35.0 Å². The monoisotopic (exact) mass is 247 g/mol. The summed E-state index contributed by atoms with van der Waals surface area (Å²) < 4.78 is 0. The van der Waals surface area contributed by atoms with Gasteiger partial charge in [0.25, 0.3) is 0 Å². The molecule has 1 aliphatic heterocycles. The zero-order valence-electron chi connectivity index (χ0n) is 10.8. The lowest BCUT2D eigenvalue weighted by molar-refractivity contribution is 0.233. The van der Waals surface area contributed by atoms with Gasteiger partial charge in [-0.25, -0.2) is 4.79 Å². The molecule has 0 unspecified atom stereocenters. The minimum atomic E-state index is -0.0663. The first-order chi connectivity index (χ1) is 8.74. The van der Waals surface area contributed by atoms with Crippen molar-refractivity contribution in [1.29, 1.82) is 0 Å². The molecular formula is C14H21N3O. The van der Waals surface area contributed by atoms with Crippen LogP contribution in [-0.2, 0) is 6.54 Å². The third kappa shape index (κ3) is 4.04. The van der Waals surface area contributed by atoms with Crippen LogP contribution in [0.15, 0.2) is 24.3 Å². The minimum Gasteiger partial charge on any atom is -0.335 e. The summed E-state index contributed by atoms with van der Waals surface area (Å²) in [5.74, 6) is 0. The molecule has 0 saturated carbocycles. The topological polar surface area (TPSA) is 53.2 Å². The Morgan fingerprint density at radius 1 is 1.39 bits per heavy atom. The summed E-state index contributed by atoms with van der Waals surface area (Å²) in [6.07, 6.45) is 2.02. The van der Waals surface area contributed by atoms with E-state index in [1.165, 1.54) is 5.56 Å². The summed E-state index contributed by atoms with van der Waals surface area (Å²) in [5.41, 5.74) is 2.35. The van der Waals surface area contributed by atoms with Crippen LogP contribution in [-0.4, -0.2) is 25.2 Å². The van der Waals surface area contributed by atoms with Crippen LogP contribution >= 0.6 is 0 Å². The largest absolute Gasteiger partial charge is 0.335 e. The van der Waals surface area contributed by atoms with Crippen molar-refractivity contribution >= 4 is 6.03 Å². The number of piperidine rings is 1. The van der Waals surface area contributed by atoms with Gasteiger partial charge in [-0.1, -0.05) is 29.8 Å². The number of urea groups is 1. The highest BCUT2D eigenvalue weighted by atomic mass is 16.2. The Morgan fingerprint density at radius 3 is 2.89 bits per heavy atom. The van der Waals surface area contributed by atoms with E-state index in [1.54, 1.807) is 0 Å². The van der Waals surface area contributed by atoms with Gasteiger partial charge in [-0.15, -0.1) is 0 Å². The Kier molecular flexibility index (Phi) is 4.59. The second-order valence-corrected chi connectivity index (χ2v) is 4.84. The molecule has 1 fully saturated rings. The van der Waals surface area contributed by atoms with Crippen molar-refractivity contribution in [1.82, 2.24) is 16.0 Å². The van der Waals surface area contributed by atoms with E-state index in [9.17, 15) is 4.79 Å². The Balaban J connectivity index is 1.74. The smallest absolute Gasteiger partial charge is 0.315 e. The summed E-state index contributed by atoms with van der Waals surface area (Å²) in [4.78, 5) is 11.7. The first-order valence-corrected chi connectivity index (χ1v) is 6.54. The predicted octanol–water partition coefficient (Wildman–Crippen LogP) is 1.55. The maximum atomic E-state index is 11.7. The fourth-order valence-electron chi connectivity index (χ4n) is 2.21. The van der Waals surface area contributed by atoms with Gasteiger partial charge in [0.2, 0.25) is 0 Å². The predicted molar refractivity (Wildman–Crippen MR) is 72.4 cm³/mol. The van der Waals surface area contributed by atoms with Crippen molar-refractivity contribution in [2.24, 2.45) is 0 Å². The first kappa shape index (κ1) is 12.9. The molecule has 3 N–H and O–H groups in total. The highest BCUT2D eigenvalue weighted by molar-refractivity contribution is 5.74. The number of carbonyl (C=O) groups excluding carboxylic acids is 1. The van der Waals surface area contributed by atoms with E-state index in [4.69, 9.17) is 0 Å². The lowest BCUT2D eigenvalue weighted by Crippen LogP contribution is -2.46. The lowest BCUT2D eigenvalue weighted by Gasteiger charge is -2.23. The van der Waals surface area contributed by atoms with Crippen molar-refractivity contribution in [3.8, 4) is 0 Å². The van der Waals surface area contributed by atoms with E-state index in [0.717, 1.165) is 31.5 Å². The zero-order valence-corrected chi connectivity index (χ0v) is 10.8. The van der Waals surface area contributed by atoms with Crippen LogP contribution in [0.1, 0.15) is 24.0 Å². The molecule has 1 aromatic carbocycles. The molecule has 0 aromatic heterocycles. The third-order valence-electron chi connectivity index (χ3n) is 3.21. The molecule has 4 nitrogen and oxygen atoms in total. The molecule has 1 aromatic rings. The standard InChI is InChI=1S/C14H21N3O/c1-11-3-2-4-12(9-11)10-16-14(18)17-13-5-7-15-8-6-13/h2-4,9,13,15H,5-8,10H2,1H3,(H2,16,17,18). The van der Waals surface area contributed by atoms with Crippen LogP contribution in [0.5, 0.6) is 0 Å². The van der Waals surface area contributed by atoms with Crippen molar-refractivity contribution in [2.45, 2.75) is 32.4 Å². The molecule has 0 atom stereocenters. The molecular weight excluding hydrogens is 226 g/mol. The van der Waals surface area contributed by atoms with Crippen LogP contribution in [0.3, 0.4) is 0 Å². The summed E-state index contributed by atoms with van der Waals surface area (Å²) in [5, 5.41) is 9.20. The number of amides is 2. The molecule has 98 valence electrons. The van der Waals surface area contributed by atoms with Gasteiger partial charge in [0, 0.05) is 12.6 Å². The number of rotatable bonds is 3. The Hall–Kier alpha value is -1.55. The second-order valence-electron chi connectivity index (χ2n) is 4.84. The van der Waals surface area contributed by atoms with Crippen LogP contribution in [0.25, 0.3) is 0 Å². The van der Waals surface area contributed by atoms with Gasteiger partial charge in [-0.3, -0.25) is 0 Å². The summed E-state index contributed by atoms with van der Waals surface area (Å²) in [6.45, 7) is 4.61. The first-order valence-electron chi connectivity index (χ1n) is 6.54. The van der Waals surface area contributed by atoms with Gasteiger partial charge in [0.1, 0.15) is 0 Å². The maximum Gasteiger partial charge on any atom is 0.315 e. The molecule has 1 aliphatic rings. The Labute approximate surface area is 108 Å². The molecule has 18 heavy (non-hydrogen) atoms. The normalized spacial score (nSPS) is 16.3. The summed E-state index contributed by atoms with van der Waals surface area (Å²) in [7, 11) is 0. The number of nitrogens with one attached hydrogen (secondary N) is 3. The number of hydrogen-bond donors (Lipinski definition) is 3. The molecule has 0 bridgehead atoms. The molecule has 1 saturated heterocycles. The summed E-state index contributed by atoms with van der Waals surface area (Å²) >= 11 is 0. The van der Waals surface area contributed by atoms with Crippen molar-refractivity contribution < 1.29 is 4.79 Å². The minimum absolute atomic E-state index is 0.0663. The van der Waals surface area contributed by atoms with Crippen LogP contribution < -0.4 is 16.0 Å². The number of benzene rings is 1. The molecule has 2 rings (SSSR count). The van der Waals surface area contributed by atoms with Gasteiger partial charge in [-0.05, 0) is 38.4 Å². The van der Waals surface area contributed by atoms with Gasteiger partial charge in [0.15, 0.2) is 0 Å². The Bertz CT molecular complexity index is 400. The number of carbonyl (C=O) groups is 1. The maximum absolute atomic E-state index is 11.7. The molecule has 0 spiro atoms. The SMILES string of the molecule is Cc1cccc(CNC(=O)NC2CCNCC2)c1. The average Bonchev–Trinajstić information content (AvgIpc) is 2.38. The molecule has 2 amide bonds. The summed E-state index contributed by atoms with van der Waals surface area (Å²) in [6, 6.07) is 8.42. The van der Waals surface area contributed by atoms with Crippen molar-refractivity contribution in [3.05, 3.63) is 35.4 Å². The number of hydrogen-bond acceptors (Lipinski definition) is 2. The third-order valence-corrected chi connectivity index (χ3v) is 3.21. The molecule has 0 radical (unpaired) electrons. The van der Waals surface area contributed by atoms with Crippen LogP contribution in [0.4, 0.5) is 4.79 Å². The molecule has 4 heteroatoms. The van der Waals surface area contributed by atoms with Gasteiger partial charge in [0.05, 0.1) is 0 Å². The van der Waals surface area contributed by atoms with Crippen molar-refractivity contribution in [3.63, 3.8) is 0 Å². The fourth-order valence-corrected chi connectivity index (χ4v) is 2.21. The zero-order chi connectivity index (χ0) is 12.8. The van der Waals surface area contributed by atoms with Gasteiger partial charge in [-0.2, -0.15) is 0 Å². The van der Waals surface area contributed by atoms with Gasteiger partial charge >= 0.3 is 6.03 Å². The van der Waals surface area contributed by atoms with Crippen LogP contribution in [0, 0.1) is 6.92 Å². The van der Waals surface area contributed by atoms with E-state index in [1.807, 2.05) is 12.1 Å².